The summed E-state index contributed by atoms with van der Waals surface area (Å²) in [5.41, 5.74) is 5.78. The molecule has 0 radical (unpaired) electrons. The van der Waals surface area contributed by atoms with Crippen LogP contribution in [0.15, 0.2) is 17.0 Å². The van der Waals surface area contributed by atoms with Crippen LogP contribution in [0.2, 0.25) is 0 Å². The molecule has 1 saturated carbocycles. The zero-order chi connectivity index (χ0) is 15.8. The van der Waals surface area contributed by atoms with Crippen LogP contribution in [-0.2, 0) is 10.0 Å². The van der Waals surface area contributed by atoms with Crippen LogP contribution in [0.5, 0.6) is 0 Å². The van der Waals surface area contributed by atoms with E-state index in [2.05, 4.69) is 6.92 Å². The van der Waals surface area contributed by atoms with Gasteiger partial charge in [0, 0.05) is 13.1 Å². The van der Waals surface area contributed by atoms with E-state index in [-0.39, 0.29) is 16.6 Å². The highest BCUT2D eigenvalue weighted by Crippen LogP contribution is 2.31. The van der Waals surface area contributed by atoms with Crippen LogP contribution < -0.4 is 5.73 Å². The van der Waals surface area contributed by atoms with Gasteiger partial charge in [0.15, 0.2) is 0 Å². The lowest BCUT2D eigenvalue weighted by Crippen LogP contribution is -2.39. The Labute approximate surface area is 126 Å². The van der Waals surface area contributed by atoms with Crippen LogP contribution >= 0.6 is 0 Å². The molecular weight excluding hydrogens is 291 g/mol. The quantitative estimate of drug-likeness (QED) is 0.873. The topological polar surface area (TPSA) is 63.4 Å². The number of hydrogen-bond acceptors (Lipinski definition) is 3. The fourth-order valence-electron chi connectivity index (χ4n) is 2.90. The second-order valence-electron chi connectivity index (χ2n) is 6.07. The standard InChI is InChI=1S/C15H23FN2O2S/c1-10-4-6-12(7-5-10)18(3)21(19,20)15-9-14(17)13(16)8-11(15)2/h8-10,12H,4-7,17H2,1-3H3. The molecule has 6 heteroatoms. The summed E-state index contributed by atoms with van der Waals surface area (Å²) >= 11 is 0. The van der Waals surface area contributed by atoms with E-state index in [1.807, 2.05) is 0 Å². The van der Waals surface area contributed by atoms with Gasteiger partial charge in [-0.1, -0.05) is 6.92 Å². The molecule has 1 aliphatic carbocycles. The molecule has 21 heavy (non-hydrogen) atoms. The van der Waals surface area contributed by atoms with E-state index in [9.17, 15) is 12.8 Å². The predicted octanol–water partition coefficient (Wildman–Crippen LogP) is 2.92. The molecule has 0 saturated heterocycles. The van der Waals surface area contributed by atoms with Crippen molar-refractivity contribution in [3.63, 3.8) is 0 Å². The molecule has 0 amide bonds. The molecule has 0 unspecified atom stereocenters. The number of benzene rings is 1. The first-order valence-corrected chi connectivity index (χ1v) is 8.71. The van der Waals surface area contributed by atoms with E-state index >= 15 is 0 Å². The van der Waals surface area contributed by atoms with Gasteiger partial charge in [0.2, 0.25) is 10.0 Å². The second-order valence-corrected chi connectivity index (χ2v) is 8.04. The lowest BCUT2D eigenvalue weighted by Gasteiger charge is -2.33. The smallest absolute Gasteiger partial charge is 0.243 e. The Balaban J connectivity index is 2.31. The number of rotatable bonds is 3. The maximum atomic E-state index is 13.4. The fourth-order valence-corrected chi connectivity index (χ4v) is 4.56. The van der Waals surface area contributed by atoms with Gasteiger partial charge in [0.05, 0.1) is 10.6 Å². The second kappa shape index (κ2) is 5.93. The minimum Gasteiger partial charge on any atom is -0.396 e. The number of nitrogen functional groups attached to an aromatic ring is 1. The van der Waals surface area contributed by atoms with Gasteiger partial charge in [0.25, 0.3) is 0 Å². The molecule has 0 atom stereocenters. The largest absolute Gasteiger partial charge is 0.396 e. The van der Waals surface area contributed by atoms with E-state index in [1.165, 1.54) is 16.4 Å². The number of anilines is 1. The Bertz CT molecular complexity index is 623. The van der Waals surface area contributed by atoms with E-state index in [0.717, 1.165) is 25.7 Å². The fraction of sp³-hybridized carbons (Fsp3) is 0.600. The van der Waals surface area contributed by atoms with Crippen molar-refractivity contribution in [2.75, 3.05) is 12.8 Å². The van der Waals surface area contributed by atoms with Gasteiger partial charge in [-0.05, 0) is 56.2 Å². The van der Waals surface area contributed by atoms with Gasteiger partial charge in [-0.15, -0.1) is 0 Å². The summed E-state index contributed by atoms with van der Waals surface area (Å²) in [4.78, 5) is 0.0996. The summed E-state index contributed by atoms with van der Waals surface area (Å²) in [5.74, 6) is 0.0705. The van der Waals surface area contributed by atoms with Crippen molar-refractivity contribution in [2.24, 2.45) is 5.92 Å². The molecule has 118 valence electrons. The molecule has 1 aromatic rings. The minimum absolute atomic E-state index is 0.0110. The third-order valence-electron chi connectivity index (χ3n) is 4.45. The zero-order valence-electron chi connectivity index (χ0n) is 12.8. The molecular formula is C15H23FN2O2S. The van der Waals surface area contributed by atoms with E-state index in [4.69, 9.17) is 5.73 Å². The SMILES string of the molecule is Cc1cc(F)c(N)cc1S(=O)(=O)N(C)C1CCC(C)CC1. The van der Waals surface area contributed by atoms with Crippen LogP contribution in [0, 0.1) is 18.7 Å². The number of hydrogen-bond donors (Lipinski definition) is 1. The Kier molecular flexibility index (Phi) is 4.58. The molecule has 0 bridgehead atoms. The van der Waals surface area contributed by atoms with Crippen LogP contribution in [-0.4, -0.2) is 25.8 Å². The summed E-state index contributed by atoms with van der Waals surface area (Å²) in [5, 5.41) is 0. The van der Waals surface area contributed by atoms with Gasteiger partial charge in [-0.25, -0.2) is 12.8 Å². The maximum absolute atomic E-state index is 13.4. The summed E-state index contributed by atoms with van der Waals surface area (Å²) < 4.78 is 40.3. The third kappa shape index (κ3) is 3.21. The highest BCUT2D eigenvalue weighted by Gasteiger charge is 2.31. The highest BCUT2D eigenvalue weighted by atomic mass is 32.2. The normalized spacial score (nSPS) is 23.5. The summed E-state index contributed by atoms with van der Waals surface area (Å²) in [7, 11) is -2.03. The summed E-state index contributed by atoms with van der Waals surface area (Å²) in [6, 6.07) is 2.41. The number of aryl methyl sites for hydroxylation is 1. The Hall–Kier alpha value is -1.14. The van der Waals surface area contributed by atoms with Crippen molar-refractivity contribution < 1.29 is 12.8 Å². The van der Waals surface area contributed by atoms with Crippen molar-refractivity contribution in [2.45, 2.75) is 50.5 Å². The van der Waals surface area contributed by atoms with Gasteiger partial charge < -0.3 is 5.73 Å². The van der Waals surface area contributed by atoms with E-state index in [0.29, 0.717) is 11.5 Å². The Morgan fingerprint density at radius 1 is 1.24 bits per heavy atom. The number of nitrogens with zero attached hydrogens (tertiary/aromatic N) is 1. The van der Waals surface area contributed by atoms with Crippen molar-refractivity contribution in [3.05, 3.63) is 23.5 Å². The van der Waals surface area contributed by atoms with E-state index < -0.39 is 15.8 Å². The molecule has 1 fully saturated rings. The van der Waals surface area contributed by atoms with Gasteiger partial charge >= 0.3 is 0 Å². The molecule has 0 aliphatic heterocycles. The predicted molar refractivity (Wildman–Crippen MR) is 81.9 cm³/mol. The maximum Gasteiger partial charge on any atom is 0.243 e. The Morgan fingerprint density at radius 2 is 1.81 bits per heavy atom. The molecule has 0 spiro atoms. The van der Waals surface area contributed by atoms with Crippen molar-refractivity contribution >= 4 is 15.7 Å². The van der Waals surface area contributed by atoms with Crippen LogP contribution in [0.3, 0.4) is 0 Å². The minimum atomic E-state index is -3.64. The molecule has 2 rings (SSSR count). The van der Waals surface area contributed by atoms with Crippen molar-refractivity contribution in [1.82, 2.24) is 4.31 Å². The number of nitrogens with two attached hydrogens (primary N) is 1. The number of halogens is 1. The van der Waals surface area contributed by atoms with Crippen LogP contribution in [0.1, 0.15) is 38.2 Å². The van der Waals surface area contributed by atoms with Gasteiger partial charge in [-0.2, -0.15) is 4.31 Å². The molecule has 2 N–H and O–H groups in total. The zero-order valence-corrected chi connectivity index (χ0v) is 13.6. The first-order chi connectivity index (χ1) is 9.73. The molecule has 0 aromatic heterocycles. The van der Waals surface area contributed by atoms with Crippen LogP contribution in [0.4, 0.5) is 10.1 Å². The average Bonchev–Trinajstić information content (AvgIpc) is 2.42. The highest BCUT2D eigenvalue weighted by molar-refractivity contribution is 7.89. The first kappa shape index (κ1) is 16.2. The van der Waals surface area contributed by atoms with Gasteiger partial charge in [0.1, 0.15) is 5.82 Å². The Morgan fingerprint density at radius 3 is 2.38 bits per heavy atom. The third-order valence-corrected chi connectivity index (χ3v) is 6.50. The summed E-state index contributed by atoms with van der Waals surface area (Å²) in [6.07, 6.45) is 3.81. The monoisotopic (exact) mass is 314 g/mol. The van der Waals surface area contributed by atoms with E-state index in [1.54, 1.807) is 14.0 Å². The molecule has 4 nitrogen and oxygen atoms in total. The molecule has 1 aromatic carbocycles. The van der Waals surface area contributed by atoms with Crippen LogP contribution in [0.25, 0.3) is 0 Å². The lowest BCUT2D eigenvalue weighted by molar-refractivity contribution is 0.246. The van der Waals surface area contributed by atoms with Crippen molar-refractivity contribution in [1.29, 1.82) is 0 Å². The average molecular weight is 314 g/mol. The first-order valence-electron chi connectivity index (χ1n) is 7.27. The lowest BCUT2D eigenvalue weighted by atomic mass is 9.87. The number of sulfonamides is 1. The summed E-state index contributed by atoms with van der Waals surface area (Å²) in [6.45, 7) is 3.78. The van der Waals surface area contributed by atoms with Gasteiger partial charge in [-0.3, -0.25) is 0 Å². The molecule has 0 heterocycles. The van der Waals surface area contributed by atoms with Crippen molar-refractivity contribution in [3.8, 4) is 0 Å². The molecule has 1 aliphatic rings.